The SMILES string of the molecule is CCOc1ccc(C2(CNC3CC3)CCOCC2)cc1. The van der Waals surface area contributed by atoms with Crippen LogP contribution in [0.4, 0.5) is 0 Å². The fraction of sp³-hybridized carbons (Fsp3) is 0.647. The minimum Gasteiger partial charge on any atom is -0.494 e. The summed E-state index contributed by atoms with van der Waals surface area (Å²) in [6, 6.07) is 9.45. The third kappa shape index (κ3) is 3.15. The molecule has 0 aromatic heterocycles. The second kappa shape index (κ2) is 6.15. The molecule has 3 rings (SSSR count). The molecule has 0 unspecified atom stereocenters. The molecule has 1 N–H and O–H groups in total. The van der Waals surface area contributed by atoms with Gasteiger partial charge >= 0.3 is 0 Å². The van der Waals surface area contributed by atoms with E-state index in [-0.39, 0.29) is 5.41 Å². The Morgan fingerprint density at radius 2 is 1.90 bits per heavy atom. The molecule has 3 nitrogen and oxygen atoms in total. The molecular weight excluding hydrogens is 250 g/mol. The zero-order valence-electron chi connectivity index (χ0n) is 12.4. The predicted molar refractivity (Wildman–Crippen MR) is 80.4 cm³/mol. The van der Waals surface area contributed by atoms with Crippen LogP contribution in [-0.2, 0) is 10.2 Å². The first-order chi connectivity index (χ1) is 9.82. The smallest absolute Gasteiger partial charge is 0.119 e. The molecule has 0 radical (unpaired) electrons. The predicted octanol–water partition coefficient (Wildman–Crippen LogP) is 2.89. The average molecular weight is 275 g/mol. The summed E-state index contributed by atoms with van der Waals surface area (Å²) >= 11 is 0. The molecule has 0 bridgehead atoms. The van der Waals surface area contributed by atoms with E-state index in [9.17, 15) is 0 Å². The topological polar surface area (TPSA) is 30.5 Å². The summed E-state index contributed by atoms with van der Waals surface area (Å²) in [5.41, 5.74) is 1.67. The van der Waals surface area contributed by atoms with Gasteiger partial charge in [-0.3, -0.25) is 0 Å². The molecular formula is C17H25NO2. The normalized spacial score (nSPS) is 21.6. The molecule has 1 aliphatic heterocycles. The number of rotatable bonds is 6. The third-order valence-corrected chi connectivity index (χ3v) is 4.53. The monoisotopic (exact) mass is 275 g/mol. The maximum absolute atomic E-state index is 5.58. The van der Waals surface area contributed by atoms with Crippen LogP contribution in [0.5, 0.6) is 5.75 Å². The van der Waals surface area contributed by atoms with Gasteiger partial charge in [-0.2, -0.15) is 0 Å². The lowest BCUT2D eigenvalue weighted by molar-refractivity contribution is 0.0497. The first-order valence-electron chi connectivity index (χ1n) is 7.87. The summed E-state index contributed by atoms with van der Waals surface area (Å²) in [5.74, 6) is 0.966. The van der Waals surface area contributed by atoms with Gasteiger partial charge in [0.05, 0.1) is 6.61 Å². The minimum absolute atomic E-state index is 0.242. The number of hydrogen-bond donors (Lipinski definition) is 1. The van der Waals surface area contributed by atoms with Gasteiger partial charge < -0.3 is 14.8 Å². The Kier molecular flexibility index (Phi) is 4.27. The molecule has 0 atom stereocenters. The molecule has 0 amide bonds. The molecule has 2 aliphatic rings. The summed E-state index contributed by atoms with van der Waals surface area (Å²) in [5, 5.41) is 3.72. The Balaban J connectivity index is 1.75. The van der Waals surface area contributed by atoms with E-state index in [0.29, 0.717) is 0 Å². The molecule has 1 heterocycles. The van der Waals surface area contributed by atoms with E-state index in [2.05, 4.69) is 29.6 Å². The highest BCUT2D eigenvalue weighted by Crippen LogP contribution is 2.36. The summed E-state index contributed by atoms with van der Waals surface area (Å²) in [6.45, 7) is 5.57. The molecule has 1 aromatic carbocycles. The van der Waals surface area contributed by atoms with Crippen molar-refractivity contribution >= 4 is 0 Å². The Morgan fingerprint density at radius 1 is 1.20 bits per heavy atom. The van der Waals surface area contributed by atoms with E-state index in [0.717, 1.165) is 51.0 Å². The molecule has 110 valence electrons. The third-order valence-electron chi connectivity index (χ3n) is 4.53. The Labute approximate surface area is 121 Å². The van der Waals surface area contributed by atoms with E-state index < -0.39 is 0 Å². The van der Waals surface area contributed by atoms with Gasteiger partial charge in [0.2, 0.25) is 0 Å². The van der Waals surface area contributed by atoms with Crippen molar-refractivity contribution in [3.05, 3.63) is 29.8 Å². The van der Waals surface area contributed by atoms with Gasteiger partial charge in [-0.1, -0.05) is 12.1 Å². The van der Waals surface area contributed by atoms with E-state index in [1.807, 2.05) is 6.92 Å². The second-order valence-electron chi connectivity index (χ2n) is 6.01. The van der Waals surface area contributed by atoms with Crippen LogP contribution in [0.15, 0.2) is 24.3 Å². The highest BCUT2D eigenvalue weighted by atomic mass is 16.5. The van der Waals surface area contributed by atoms with Gasteiger partial charge in [0, 0.05) is 31.2 Å². The van der Waals surface area contributed by atoms with Gasteiger partial charge in [-0.25, -0.2) is 0 Å². The number of ether oxygens (including phenoxy) is 2. The lowest BCUT2D eigenvalue weighted by Crippen LogP contribution is -2.43. The summed E-state index contributed by atoms with van der Waals surface area (Å²) < 4.78 is 11.1. The Morgan fingerprint density at radius 3 is 2.50 bits per heavy atom. The van der Waals surface area contributed by atoms with Crippen LogP contribution in [0.2, 0.25) is 0 Å². The summed E-state index contributed by atoms with van der Waals surface area (Å²) in [7, 11) is 0. The maximum atomic E-state index is 5.58. The van der Waals surface area contributed by atoms with Crippen molar-refractivity contribution in [2.45, 2.75) is 44.1 Å². The Bertz CT molecular complexity index is 419. The van der Waals surface area contributed by atoms with Crippen molar-refractivity contribution in [3.8, 4) is 5.75 Å². The van der Waals surface area contributed by atoms with Gasteiger partial charge in [0.25, 0.3) is 0 Å². The minimum atomic E-state index is 0.242. The highest BCUT2D eigenvalue weighted by molar-refractivity contribution is 5.33. The van der Waals surface area contributed by atoms with E-state index >= 15 is 0 Å². The zero-order valence-corrected chi connectivity index (χ0v) is 12.4. The van der Waals surface area contributed by atoms with E-state index in [4.69, 9.17) is 9.47 Å². The van der Waals surface area contributed by atoms with E-state index in [1.54, 1.807) is 0 Å². The molecule has 1 saturated heterocycles. The van der Waals surface area contributed by atoms with Crippen LogP contribution in [-0.4, -0.2) is 32.4 Å². The summed E-state index contributed by atoms with van der Waals surface area (Å²) in [6.07, 6.45) is 4.91. The number of hydrogen-bond acceptors (Lipinski definition) is 3. The van der Waals surface area contributed by atoms with Crippen LogP contribution in [0.1, 0.15) is 38.2 Å². The van der Waals surface area contributed by atoms with Crippen LogP contribution in [0, 0.1) is 0 Å². The molecule has 2 fully saturated rings. The first kappa shape index (κ1) is 13.9. The Hall–Kier alpha value is -1.06. The van der Waals surface area contributed by atoms with Gasteiger partial charge in [0.1, 0.15) is 5.75 Å². The molecule has 1 aromatic rings. The molecule has 0 spiro atoms. The standard InChI is InChI=1S/C17H25NO2/c1-2-20-16-7-3-14(4-8-16)17(9-11-19-12-10-17)13-18-15-5-6-15/h3-4,7-8,15,18H,2,5-6,9-13H2,1H3. The van der Waals surface area contributed by atoms with Crippen molar-refractivity contribution < 1.29 is 9.47 Å². The van der Waals surface area contributed by atoms with Crippen molar-refractivity contribution in [1.29, 1.82) is 0 Å². The van der Waals surface area contributed by atoms with Crippen molar-refractivity contribution in [2.75, 3.05) is 26.4 Å². The van der Waals surface area contributed by atoms with Crippen molar-refractivity contribution in [3.63, 3.8) is 0 Å². The largest absolute Gasteiger partial charge is 0.494 e. The lowest BCUT2D eigenvalue weighted by Gasteiger charge is -2.38. The second-order valence-corrected chi connectivity index (χ2v) is 6.01. The van der Waals surface area contributed by atoms with Gasteiger partial charge in [-0.15, -0.1) is 0 Å². The number of benzene rings is 1. The van der Waals surface area contributed by atoms with E-state index in [1.165, 1.54) is 18.4 Å². The maximum Gasteiger partial charge on any atom is 0.119 e. The molecule has 3 heteroatoms. The van der Waals surface area contributed by atoms with Crippen molar-refractivity contribution in [2.24, 2.45) is 0 Å². The van der Waals surface area contributed by atoms with Crippen molar-refractivity contribution in [1.82, 2.24) is 5.32 Å². The average Bonchev–Trinajstić information content (AvgIpc) is 3.32. The van der Waals surface area contributed by atoms with Gasteiger partial charge in [0.15, 0.2) is 0 Å². The lowest BCUT2D eigenvalue weighted by atomic mass is 9.74. The molecule has 20 heavy (non-hydrogen) atoms. The van der Waals surface area contributed by atoms with Crippen LogP contribution < -0.4 is 10.1 Å². The molecule has 1 aliphatic carbocycles. The van der Waals surface area contributed by atoms with Gasteiger partial charge in [-0.05, 0) is 50.3 Å². The first-order valence-corrected chi connectivity index (χ1v) is 7.87. The highest BCUT2D eigenvalue weighted by Gasteiger charge is 2.36. The number of nitrogens with one attached hydrogen (secondary N) is 1. The zero-order chi connectivity index (χ0) is 13.8. The van der Waals surface area contributed by atoms with Crippen LogP contribution in [0.25, 0.3) is 0 Å². The molecule has 1 saturated carbocycles. The quantitative estimate of drug-likeness (QED) is 0.866. The summed E-state index contributed by atoms with van der Waals surface area (Å²) in [4.78, 5) is 0. The fourth-order valence-electron chi connectivity index (χ4n) is 3.03. The van der Waals surface area contributed by atoms with Crippen LogP contribution >= 0.6 is 0 Å². The van der Waals surface area contributed by atoms with Crippen LogP contribution in [0.3, 0.4) is 0 Å². The fourth-order valence-corrected chi connectivity index (χ4v) is 3.03.